The number of nitrogens with zero attached hydrogens (tertiary/aromatic N) is 1. The Morgan fingerprint density at radius 2 is 1.77 bits per heavy atom. The van der Waals surface area contributed by atoms with Gasteiger partial charge >= 0.3 is 0 Å². The average Bonchev–Trinajstić information content (AvgIpc) is 2.61. The number of amides is 1. The van der Waals surface area contributed by atoms with Gasteiger partial charge in [-0.25, -0.2) is 13.6 Å². The standard InChI is InChI=1S/C19H23N3O3S/c20-26(24,25)18-7-5-15(6-8-18)9-11-21-19(23)14-22-12-10-16-3-1-2-4-17(16)13-22/h1-8H,9-14H2,(H,21,23)(H2,20,24,25). The highest BCUT2D eigenvalue weighted by Gasteiger charge is 2.17. The summed E-state index contributed by atoms with van der Waals surface area (Å²) in [6, 6.07) is 14.7. The molecular weight excluding hydrogens is 350 g/mol. The van der Waals surface area contributed by atoms with Gasteiger partial charge in [0.2, 0.25) is 15.9 Å². The number of sulfonamides is 1. The van der Waals surface area contributed by atoms with E-state index < -0.39 is 10.0 Å². The van der Waals surface area contributed by atoms with E-state index in [1.165, 1.54) is 23.3 Å². The lowest BCUT2D eigenvalue weighted by Crippen LogP contribution is -2.40. The van der Waals surface area contributed by atoms with Gasteiger partial charge in [-0.2, -0.15) is 0 Å². The van der Waals surface area contributed by atoms with E-state index in [1.54, 1.807) is 12.1 Å². The number of fused-ring (bicyclic) bond motifs is 1. The molecule has 0 aromatic heterocycles. The fourth-order valence-corrected chi connectivity index (χ4v) is 3.66. The molecule has 1 aliphatic heterocycles. The number of nitrogens with one attached hydrogen (secondary N) is 1. The molecule has 0 atom stereocenters. The molecule has 0 saturated carbocycles. The first-order valence-corrected chi connectivity index (χ1v) is 10.1. The summed E-state index contributed by atoms with van der Waals surface area (Å²) in [5, 5.41) is 8.00. The van der Waals surface area contributed by atoms with Crippen molar-refractivity contribution in [3.63, 3.8) is 0 Å². The van der Waals surface area contributed by atoms with Crippen LogP contribution in [0.2, 0.25) is 0 Å². The van der Waals surface area contributed by atoms with Gasteiger partial charge in [0, 0.05) is 19.6 Å². The van der Waals surface area contributed by atoms with Crippen LogP contribution in [0.15, 0.2) is 53.4 Å². The number of rotatable bonds is 6. The van der Waals surface area contributed by atoms with Crippen molar-refractivity contribution in [1.29, 1.82) is 0 Å². The molecule has 1 aliphatic rings. The third kappa shape index (κ3) is 4.91. The smallest absolute Gasteiger partial charge is 0.238 e. The molecule has 2 aromatic carbocycles. The Hall–Kier alpha value is -2.22. The zero-order valence-electron chi connectivity index (χ0n) is 14.5. The van der Waals surface area contributed by atoms with Crippen molar-refractivity contribution in [2.75, 3.05) is 19.6 Å². The molecule has 0 radical (unpaired) electrons. The Morgan fingerprint density at radius 3 is 2.46 bits per heavy atom. The molecule has 0 fully saturated rings. The molecule has 6 nitrogen and oxygen atoms in total. The van der Waals surface area contributed by atoms with Crippen LogP contribution in [-0.2, 0) is 34.2 Å². The second-order valence-electron chi connectivity index (χ2n) is 6.52. The third-order valence-electron chi connectivity index (χ3n) is 4.56. The molecule has 138 valence electrons. The summed E-state index contributed by atoms with van der Waals surface area (Å²) < 4.78 is 22.5. The number of benzene rings is 2. The topological polar surface area (TPSA) is 92.5 Å². The normalized spacial score (nSPS) is 14.7. The predicted octanol–water partition coefficient (Wildman–Crippen LogP) is 1.05. The fraction of sp³-hybridized carbons (Fsp3) is 0.316. The van der Waals surface area contributed by atoms with E-state index in [1.807, 2.05) is 6.07 Å². The van der Waals surface area contributed by atoms with Crippen LogP contribution in [0.25, 0.3) is 0 Å². The second-order valence-corrected chi connectivity index (χ2v) is 8.08. The Labute approximate surface area is 154 Å². The summed E-state index contributed by atoms with van der Waals surface area (Å²) >= 11 is 0. The minimum absolute atomic E-state index is 0.00513. The van der Waals surface area contributed by atoms with Crippen molar-refractivity contribution in [3.8, 4) is 0 Å². The first-order chi connectivity index (χ1) is 12.4. The van der Waals surface area contributed by atoms with Gasteiger partial charge in [0.25, 0.3) is 0 Å². The molecule has 7 heteroatoms. The zero-order chi connectivity index (χ0) is 18.6. The van der Waals surface area contributed by atoms with Crippen LogP contribution in [0.4, 0.5) is 0 Å². The molecule has 26 heavy (non-hydrogen) atoms. The van der Waals surface area contributed by atoms with E-state index in [9.17, 15) is 13.2 Å². The summed E-state index contributed by atoms with van der Waals surface area (Å²) in [6.45, 7) is 2.59. The maximum Gasteiger partial charge on any atom is 0.238 e. The van der Waals surface area contributed by atoms with Crippen LogP contribution < -0.4 is 10.5 Å². The number of carbonyl (C=O) groups excluding carboxylic acids is 1. The SMILES string of the molecule is NS(=O)(=O)c1ccc(CCNC(=O)CN2CCc3ccccc3C2)cc1. The van der Waals surface area contributed by atoms with Gasteiger partial charge in [-0.3, -0.25) is 9.69 Å². The van der Waals surface area contributed by atoms with Gasteiger partial charge < -0.3 is 5.32 Å². The van der Waals surface area contributed by atoms with Gasteiger partial charge in [-0.1, -0.05) is 36.4 Å². The highest BCUT2D eigenvalue weighted by molar-refractivity contribution is 7.89. The lowest BCUT2D eigenvalue weighted by atomic mass is 10.00. The van der Waals surface area contributed by atoms with Crippen LogP contribution in [0.3, 0.4) is 0 Å². The highest BCUT2D eigenvalue weighted by Crippen LogP contribution is 2.17. The van der Waals surface area contributed by atoms with Crippen molar-refractivity contribution in [2.24, 2.45) is 5.14 Å². The van der Waals surface area contributed by atoms with E-state index in [0.29, 0.717) is 19.5 Å². The van der Waals surface area contributed by atoms with E-state index >= 15 is 0 Å². The zero-order valence-corrected chi connectivity index (χ0v) is 15.3. The van der Waals surface area contributed by atoms with Crippen molar-refractivity contribution in [3.05, 3.63) is 65.2 Å². The van der Waals surface area contributed by atoms with Crippen LogP contribution in [0, 0.1) is 0 Å². The number of carbonyl (C=O) groups is 1. The molecule has 0 unspecified atom stereocenters. The van der Waals surface area contributed by atoms with Crippen LogP contribution >= 0.6 is 0 Å². The summed E-state index contributed by atoms with van der Waals surface area (Å²) in [6.07, 6.45) is 1.61. The van der Waals surface area contributed by atoms with E-state index in [2.05, 4.69) is 28.4 Å². The van der Waals surface area contributed by atoms with Crippen LogP contribution in [0.5, 0.6) is 0 Å². The minimum Gasteiger partial charge on any atom is -0.355 e. The third-order valence-corrected chi connectivity index (χ3v) is 5.49. The molecule has 0 spiro atoms. The number of primary sulfonamides is 1. The molecule has 3 rings (SSSR count). The Bertz CT molecular complexity index is 879. The van der Waals surface area contributed by atoms with Crippen molar-refractivity contribution in [2.45, 2.75) is 24.3 Å². The first kappa shape index (κ1) is 18.6. The monoisotopic (exact) mass is 373 g/mol. The van der Waals surface area contributed by atoms with Gasteiger partial charge in [0.1, 0.15) is 0 Å². The summed E-state index contributed by atoms with van der Waals surface area (Å²) in [4.78, 5) is 14.4. The maximum absolute atomic E-state index is 12.2. The van der Waals surface area contributed by atoms with Crippen molar-refractivity contribution in [1.82, 2.24) is 10.2 Å². The second kappa shape index (κ2) is 7.99. The van der Waals surface area contributed by atoms with Gasteiger partial charge in [-0.05, 0) is 41.7 Å². The van der Waals surface area contributed by atoms with Gasteiger partial charge in [-0.15, -0.1) is 0 Å². The minimum atomic E-state index is -3.67. The highest BCUT2D eigenvalue weighted by atomic mass is 32.2. The fourth-order valence-electron chi connectivity index (χ4n) is 3.14. The van der Waals surface area contributed by atoms with Crippen molar-refractivity contribution >= 4 is 15.9 Å². The van der Waals surface area contributed by atoms with Crippen LogP contribution in [-0.4, -0.2) is 38.9 Å². The Morgan fingerprint density at radius 1 is 1.08 bits per heavy atom. The molecule has 3 N–H and O–H groups in total. The lowest BCUT2D eigenvalue weighted by Gasteiger charge is -2.28. The Balaban J connectivity index is 1.43. The molecule has 1 amide bonds. The molecular formula is C19H23N3O3S. The lowest BCUT2D eigenvalue weighted by molar-refractivity contribution is -0.122. The first-order valence-electron chi connectivity index (χ1n) is 8.59. The van der Waals surface area contributed by atoms with E-state index in [-0.39, 0.29) is 10.8 Å². The number of hydrogen-bond acceptors (Lipinski definition) is 4. The summed E-state index contributed by atoms with van der Waals surface area (Å²) in [5.74, 6) is 0.00513. The van der Waals surface area contributed by atoms with Crippen molar-refractivity contribution < 1.29 is 13.2 Å². The Kier molecular flexibility index (Phi) is 5.70. The molecule has 1 heterocycles. The summed E-state index contributed by atoms with van der Waals surface area (Å²) in [7, 11) is -3.67. The molecule has 2 aromatic rings. The number of nitrogens with two attached hydrogens (primary N) is 1. The maximum atomic E-state index is 12.2. The van der Waals surface area contributed by atoms with Gasteiger partial charge in [0.05, 0.1) is 11.4 Å². The number of hydrogen-bond donors (Lipinski definition) is 2. The molecule has 0 aliphatic carbocycles. The van der Waals surface area contributed by atoms with Gasteiger partial charge in [0.15, 0.2) is 0 Å². The predicted molar refractivity (Wildman–Crippen MR) is 100.0 cm³/mol. The average molecular weight is 373 g/mol. The molecule has 0 bridgehead atoms. The summed E-state index contributed by atoms with van der Waals surface area (Å²) in [5.41, 5.74) is 3.61. The van der Waals surface area contributed by atoms with E-state index in [0.717, 1.165) is 25.1 Å². The van der Waals surface area contributed by atoms with Crippen LogP contribution in [0.1, 0.15) is 16.7 Å². The molecule has 0 saturated heterocycles. The largest absolute Gasteiger partial charge is 0.355 e. The quantitative estimate of drug-likeness (QED) is 0.792. The van der Waals surface area contributed by atoms with E-state index in [4.69, 9.17) is 5.14 Å².